The number of aliphatic carboxylic acids is 3. The number of carbonyl (C=O) groups is 3. The maximum Gasteiger partial charge on any atom is 0.311 e. The van der Waals surface area contributed by atoms with Crippen molar-refractivity contribution in [3.63, 3.8) is 0 Å². The minimum absolute atomic E-state index is 0.136. The first-order valence-electron chi connectivity index (χ1n) is 11.7. The van der Waals surface area contributed by atoms with E-state index in [1.165, 1.54) is 39.0 Å². The Labute approximate surface area is 187 Å². The van der Waals surface area contributed by atoms with Gasteiger partial charge in [-0.3, -0.25) is 9.59 Å². The topological polar surface area (TPSA) is 115 Å². The highest BCUT2D eigenvalue weighted by atomic mass is 16.4. The molecule has 31 heavy (non-hydrogen) atoms. The van der Waals surface area contributed by atoms with Crippen molar-refractivity contribution in [1.82, 2.24) is 0 Å². The van der Waals surface area contributed by atoms with Gasteiger partial charge in [-0.25, -0.2) is 0 Å². The van der Waals surface area contributed by atoms with E-state index in [9.17, 15) is 29.7 Å². The van der Waals surface area contributed by atoms with E-state index in [0.29, 0.717) is 13.0 Å². The SMILES string of the molecule is CCCCCCCC/C=C/CC[N+](CC(C)C(=O)[O-])(CC(C)C(=O)O)CC(C)C(=O)O. The molecule has 0 aliphatic carbocycles. The number of hydrogen-bond acceptors (Lipinski definition) is 4. The van der Waals surface area contributed by atoms with Gasteiger partial charge in [-0.15, -0.1) is 0 Å². The van der Waals surface area contributed by atoms with Crippen LogP contribution in [0.3, 0.4) is 0 Å². The maximum absolute atomic E-state index is 11.5. The molecular weight excluding hydrogens is 398 g/mol. The van der Waals surface area contributed by atoms with E-state index in [2.05, 4.69) is 19.1 Å². The maximum atomic E-state index is 11.5. The lowest BCUT2D eigenvalue weighted by molar-refractivity contribution is -0.934. The molecule has 7 heteroatoms. The van der Waals surface area contributed by atoms with Crippen LogP contribution < -0.4 is 5.11 Å². The van der Waals surface area contributed by atoms with Gasteiger partial charge in [0.1, 0.15) is 11.8 Å². The first-order valence-corrected chi connectivity index (χ1v) is 11.7. The van der Waals surface area contributed by atoms with E-state index in [1.807, 2.05) is 0 Å². The second-order valence-electron chi connectivity index (χ2n) is 9.13. The molecule has 0 saturated carbocycles. The van der Waals surface area contributed by atoms with Crippen molar-refractivity contribution in [2.24, 2.45) is 17.8 Å². The molecule has 3 unspecified atom stereocenters. The van der Waals surface area contributed by atoms with E-state index in [0.717, 1.165) is 12.8 Å². The predicted molar refractivity (Wildman–Crippen MR) is 119 cm³/mol. The standard InChI is InChI=1S/C24H43NO6/c1-5-6-7-8-9-10-11-12-13-14-15-25(16-19(2)22(26)27,17-20(3)23(28)29)18-21(4)24(30)31/h12-13,19-21H,5-11,14-18H2,1-4H3,(H2-,26,27,28,29,30,31)/b13-12+. The average Bonchev–Trinajstić information content (AvgIpc) is 2.68. The third kappa shape index (κ3) is 13.2. The molecule has 0 rings (SSSR count). The third-order valence-electron chi connectivity index (χ3n) is 5.89. The van der Waals surface area contributed by atoms with Crippen molar-refractivity contribution in [2.45, 2.75) is 79.1 Å². The Kier molecular flexibility index (Phi) is 14.9. The third-order valence-corrected chi connectivity index (χ3v) is 5.89. The zero-order valence-electron chi connectivity index (χ0n) is 19.8. The fourth-order valence-electron chi connectivity index (χ4n) is 4.10. The molecule has 0 heterocycles. The van der Waals surface area contributed by atoms with Gasteiger partial charge in [-0.05, 0) is 26.7 Å². The molecule has 0 fully saturated rings. The molecule has 0 aromatic rings. The van der Waals surface area contributed by atoms with Crippen molar-refractivity contribution < 1.29 is 34.2 Å². The minimum Gasteiger partial charge on any atom is -0.550 e. The number of allylic oxidation sites excluding steroid dienone is 1. The van der Waals surface area contributed by atoms with E-state index in [-0.39, 0.29) is 24.1 Å². The fourth-order valence-corrected chi connectivity index (χ4v) is 4.10. The van der Waals surface area contributed by atoms with E-state index in [4.69, 9.17) is 0 Å². The summed E-state index contributed by atoms with van der Waals surface area (Å²) in [6, 6.07) is 0. The summed E-state index contributed by atoms with van der Waals surface area (Å²) >= 11 is 0. The Morgan fingerprint density at radius 1 is 0.774 bits per heavy atom. The molecule has 0 radical (unpaired) electrons. The van der Waals surface area contributed by atoms with Gasteiger partial charge in [0.25, 0.3) is 0 Å². The largest absolute Gasteiger partial charge is 0.550 e. The number of carboxylic acids is 3. The monoisotopic (exact) mass is 441 g/mol. The van der Waals surface area contributed by atoms with Gasteiger partial charge in [0, 0.05) is 18.3 Å². The van der Waals surface area contributed by atoms with Crippen LogP contribution in [-0.2, 0) is 14.4 Å². The number of rotatable bonds is 19. The molecule has 0 amide bonds. The highest BCUT2D eigenvalue weighted by molar-refractivity contribution is 5.70. The van der Waals surface area contributed by atoms with Crippen LogP contribution in [0.1, 0.15) is 79.1 Å². The van der Waals surface area contributed by atoms with Crippen LogP contribution in [-0.4, -0.2) is 58.8 Å². The van der Waals surface area contributed by atoms with E-state index >= 15 is 0 Å². The average molecular weight is 442 g/mol. The highest BCUT2D eigenvalue weighted by Crippen LogP contribution is 2.21. The summed E-state index contributed by atoms with van der Waals surface area (Å²) in [5, 5.41) is 30.2. The Morgan fingerprint density at radius 2 is 1.23 bits per heavy atom. The Bertz CT molecular complexity index is 519. The molecule has 7 nitrogen and oxygen atoms in total. The molecule has 0 aliphatic heterocycles. The summed E-state index contributed by atoms with van der Waals surface area (Å²) in [6.07, 6.45) is 13.2. The molecule has 2 N–H and O–H groups in total. The highest BCUT2D eigenvalue weighted by Gasteiger charge is 2.36. The zero-order chi connectivity index (χ0) is 23.9. The van der Waals surface area contributed by atoms with Crippen LogP contribution in [0, 0.1) is 17.8 Å². The van der Waals surface area contributed by atoms with Crippen molar-refractivity contribution in [2.75, 3.05) is 26.2 Å². The summed E-state index contributed by atoms with van der Waals surface area (Å²) in [7, 11) is 0. The first kappa shape index (κ1) is 29.1. The van der Waals surface area contributed by atoms with Crippen molar-refractivity contribution in [1.29, 1.82) is 0 Å². The summed E-state index contributed by atoms with van der Waals surface area (Å²) in [5.74, 6) is -5.35. The number of carbonyl (C=O) groups excluding carboxylic acids is 1. The van der Waals surface area contributed by atoms with Gasteiger partial charge < -0.3 is 24.6 Å². The summed E-state index contributed by atoms with van der Waals surface area (Å²) in [5.41, 5.74) is 0. The van der Waals surface area contributed by atoms with Crippen LogP contribution in [0.15, 0.2) is 12.2 Å². The van der Waals surface area contributed by atoms with Crippen molar-refractivity contribution >= 4 is 17.9 Å². The zero-order valence-corrected chi connectivity index (χ0v) is 19.8. The van der Waals surface area contributed by atoms with E-state index < -0.39 is 35.7 Å². The number of hydrogen-bond donors (Lipinski definition) is 2. The smallest absolute Gasteiger partial charge is 0.311 e. The van der Waals surface area contributed by atoms with Crippen molar-refractivity contribution in [3.8, 4) is 0 Å². The lowest BCUT2D eigenvalue weighted by Crippen LogP contribution is -2.58. The van der Waals surface area contributed by atoms with E-state index in [1.54, 1.807) is 13.8 Å². The molecule has 0 aromatic heterocycles. The lowest BCUT2D eigenvalue weighted by Gasteiger charge is -2.42. The van der Waals surface area contributed by atoms with Crippen LogP contribution in [0.5, 0.6) is 0 Å². The minimum atomic E-state index is -1.20. The van der Waals surface area contributed by atoms with Crippen LogP contribution in [0.2, 0.25) is 0 Å². The van der Waals surface area contributed by atoms with Gasteiger partial charge >= 0.3 is 11.9 Å². The lowest BCUT2D eigenvalue weighted by atomic mass is 10.0. The van der Waals surface area contributed by atoms with Crippen LogP contribution in [0.25, 0.3) is 0 Å². The first-order chi connectivity index (χ1) is 14.5. The molecule has 0 saturated heterocycles. The van der Waals surface area contributed by atoms with Crippen molar-refractivity contribution in [3.05, 3.63) is 12.2 Å². The second kappa shape index (κ2) is 15.8. The normalized spacial score (nSPS) is 16.5. The van der Waals surface area contributed by atoms with Gasteiger partial charge in [-0.1, -0.05) is 58.1 Å². The molecule has 3 atom stereocenters. The Morgan fingerprint density at radius 3 is 1.71 bits per heavy atom. The quantitative estimate of drug-likeness (QED) is 0.180. The Balaban J connectivity index is 5.14. The summed E-state index contributed by atoms with van der Waals surface area (Å²) in [4.78, 5) is 34.4. The molecule has 0 spiro atoms. The Hall–Kier alpha value is -1.89. The van der Waals surface area contributed by atoms with Crippen LogP contribution >= 0.6 is 0 Å². The molecule has 0 aromatic carbocycles. The predicted octanol–water partition coefficient (Wildman–Crippen LogP) is 3.33. The molecule has 0 bridgehead atoms. The summed E-state index contributed by atoms with van der Waals surface area (Å²) in [6.45, 7) is 7.93. The van der Waals surface area contributed by atoms with Gasteiger partial charge in [-0.2, -0.15) is 0 Å². The molecular formula is C24H43NO6. The van der Waals surface area contributed by atoms with Gasteiger partial charge in [0.05, 0.1) is 26.2 Å². The number of carboxylic acid groups (broad SMARTS) is 3. The molecule has 180 valence electrons. The number of unbranched alkanes of at least 4 members (excludes halogenated alkanes) is 6. The van der Waals surface area contributed by atoms with Crippen LogP contribution in [0.4, 0.5) is 0 Å². The fraction of sp³-hybridized carbons (Fsp3) is 0.792. The van der Waals surface area contributed by atoms with Gasteiger partial charge in [0.2, 0.25) is 0 Å². The number of quaternary nitrogens is 1. The van der Waals surface area contributed by atoms with Gasteiger partial charge in [0.15, 0.2) is 0 Å². The second-order valence-corrected chi connectivity index (χ2v) is 9.13. The molecule has 0 aliphatic rings. The number of nitrogens with zero attached hydrogens (tertiary/aromatic N) is 1. The summed E-state index contributed by atoms with van der Waals surface area (Å²) < 4.78 is 0.136.